The third-order valence-electron chi connectivity index (χ3n) is 4.58. The van der Waals surface area contributed by atoms with Crippen LogP contribution in [0.15, 0.2) is 42.5 Å². The number of halogens is 1. The molecule has 5 nitrogen and oxygen atoms in total. The van der Waals surface area contributed by atoms with Crippen molar-refractivity contribution >= 4 is 34.8 Å². The van der Waals surface area contributed by atoms with Gasteiger partial charge in [-0.15, -0.1) is 0 Å². The molecular formula is C20H22ClN3O2. The number of anilines is 2. The van der Waals surface area contributed by atoms with Gasteiger partial charge in [-0.05, 0) is 49.2 Å². The standard InChI is InChI=1S/C20H22ClN3O2/c1-14-6-7-15(2)18(12-14)22-19(25)20(26)24-10-8-23(9-11-24)17-5-3-4-16(21)13-17/h3-7,12-13H,8-11H2,1-2H3,(H,22,25). The molecule has 3 rings (SSSR count). The van der Waals surface area contributed by atoms with Gasteiger partial charge in [0.25, 0.3) is 0 Å². The van der Waals surface area contributed by atoms with E-state index in [0.29, 0.717) is 36.9 Å². The Bertz CT molecular complexity index is 830. The highest BCUT2D eigenvalue weighted by molar-refractivity contribution is 6.39. The largest absolute Gasteiger partial charge is 0.368 e. The molecule has 0 saturated carbocycles. The van der Waals surface area contributed by atoms with Gasteiger partial charge in [0, 0.05) is 42.6 Å². The molecule has 136 valence electrons. The van der Waals surface area contributed by atoms with Gasteiger partial charge in [-0.3, -0.25) is 9.59 Å². The molecule has 6 heteroatoms. The van der Waals surface area contributed by atoms with E-state index in [1.54, 1.807) is 4.90 Å². The zero-order valence-electron chi connectivity index (χ0n) is 15.0. The summed E-state index contributed by atoms with van der Waals surface area (Å²) in [5.41, 5.74) is 3.68. The van der Waals surface area contributed by atoms with Gasteiger partial charge < -0.3 is 15.1 Å². The number of piperazine rings is 1. The Morgan fingerprint density at radius 3 is 2.42 bits per heavy atom. The fourth-order valence-corrected chi connectivity index (χ4v) is 3.21. The van der Waals surface area contributed by atoms with Crippen molar-refractivity contribution in [3.8, 4) is 0 Å². The molecule has 1 fully saturated rings. The van der Waals surface area contributed by atoms with Crippen molar-refractivity contribution in [2.24, 2.45) is 0 Å². The second kappa shape index (κ2) is 7.79. The van der Waals surface area contributed by atoms with Crippen LogP contribution in [0.25, 0.3) is 0 Å². The predicted molar refractivity (Wildman–Crippen MR) is 105 cm³/mol. The molecule has 0 spiro atoms. The Morgan fingerprint density at radius 2 is 1.73 bits per heavy atom. The second-order valence-corrected chi connectivity index (χ2v) is 6.97. The monoisotopic (exact) mass is 371 g/mol. The number of rotatable bonds is 2. The van der Waals surface area contributed by atoms with E-state index >= 15 is 0 Å². The molecule has 1 saturated heterocycles. The lowest BCUT2D eigenvalue weighted by atomic mass is 10.1. The molecule has 1 aliphatic heterocycles. The number of amides is 2. The Morgan fingerprint density at radius 1 is 1.00 bits per heavy atom. The summed E-state index contributed by atoms with van der Waals surface area (Å²) in [7, 11) is 0. The Kier molecular flexibility index (Phi) is 5.47. The summed E-state index contributed by atoms with van der Waals surface area (Å²) in [6.45, 7) is 6.21. The summed E-state index contributed by atoms with van der Waals surface area (Å²) in [5, 5.41) is 3.43. The van der Waals surface area contributed by atoms with E-state index in [4.69, 9.17) is 11.6 Å². The number of carbonyl (C=O) groups is 2. The average molecular weight is 372 g/mol. The van der Waals surface area contributed by atoms with E-state index < -0.39 is 11.8 Å². The Hall–Kier alpha value is -2.53. The van der Waals surface area contributed by atoms with Crippen LogP contribution >= 0.6 is 11.6 Å². The maximum absolute atomic E-state index is 12.5. The van der Waals surface area contributed by atoms with Crippen molar-refractivity contribution in [1.82, 2.24) is 4.90 Å². The maximum Gasteiger partial charge on any atom is 0.313 e. The van der Waals surface area contributed by atoms with Crippen LogP contribution in [0.3, 0.4) is 0 Å². The summed E-state index contributed by atoms with van der Waals surface area (Å²) in [6, 6.07) is 13.4. The summed E-state index contributed by atoms with van der Waals surface area (Å²) in [4.78, 5) is 28.6. The van der Waals surface area contributed by atoms with E-state index in [9.17, 15) is 9.59 Å². The zero-order chi connectivity index (χ0) is 18.7. The van der Waals surface area contributed by atoms with Gasteiger partial charge >= 0.3 is 11.8 Å². The third-order valence-corrected chi connectivity index (χ3v) is 4.81. The van der Waals surface area contributed by atoms with Crippen LogP contribution in [0.1, 0.15) is 11.1 Å². The van der Waals surface area contributed by atoms with Crippen molar-refractivity contribution in [2.75, 3.05) is 36.4 Å². The van der Waals surface area contributed by atoms with Crippen molar-refractivity contribution in [1.29, 1.82) is 0 Å². The van der Waals surface area contributed by atoms with Crippen LogP contribution in [-0.4, -0.2) is 42.9 Å². The van der Waals surface area contributed by atoms with Crippen LogP contribution in [0.2, 0.25) is 5.02 Å². The second-order valence-electron chi connectivity index (χ2n) is 6.53. The van der Waals surface area contributed by atoms with E-state index in [2.05, 4.69) is 10.2 Å². The first-order valence-electron chi connectivity index (χ1n) is 8.62. The Labute approximate surface area is 158 Å². The predicted octanol–water partition coefficient (Wildman–Crippen LogP) is 3.24. The van der Waals surface area contributed by atoms with Crippen LogP contribution in [-0.2, 0) is 9.59 Å². The molecule has 1 heterocycles. The van der Waals surface area contributed by atoms with Crippen LogP contribution in [0.4, 0.5) is 11.4 Å². The molecule has 1 N–H and O–H groups in total. The number of nitrogens with zero attached hydrogens (tertiary/aromatic N) is 2. The molecular weight excluding hydrogens is 350 g/mol. The third kappa shape index (κ3) is 4.17. The molecule has 2 amide bonds. The molecule has 26 heavy (non-hydrogen) atoms. The first kappa shape index (κ1) is 18.3. The fraction of sp³-hybridized carbons (Fsp3) is 0.300. The van der Waals surface area contributed by atoms with Crippen LogP contribution in [0.5, 0.6) is 0 Å². The lowest BCUT2D eigenvalue weighted by Crippen LogP contribution is -2.51. The van der Waals surface area contributed by atoms with Crippen LogP contribution in [0, 0.1) is 13.8 Å². The number of benzene rings is 2. The van der Waals surface area contributed by atoms with Gasteiger partial charge in [-0.2, -0.15) is 0 Å². The zero-order valence-corrected chi connectivity index (χ0v) is 15.7. The molecule has 0 unspecified atom stereocenters. The number of hydrogen-bond acceptors (Lipinski definition) is 3. The molecule has 1 aliphatic rings. The highest BCUT2D eigenvalue weighted by atomic mass is 35.5. The van der Waals surface area contributed by atoms with Gasteiger partial charge in [0.1, 0.15) is 0 Å². The molecule has 0 bridgehead atoms. The maximum atomic E-state index is 12.5. The van der Waals surface area contributed by atoms with Crippen LogP contribution < -0.4 is 10.2 Å². The quantitative estimate of drug-likeness (QED) is 0.824. The van der Waals surface area contributed by atoms with Gasteiger partial charge in [-0.25, -0.2) is 0 Å². The summed E-state index contributed by atoms with van der Waals surface area (Å²) < 4.78 is 0. The molecule has 0 aromatic heterocycles. The minimum atomic E-state index is -0.588. The molecule has 0 aliphatic carbocycles. The summed E-state index contributed by atoms with van der Waals surface area (Å²) >= 11 is 6.04. The summed E-state index contributed by atoms with van der Waals surface area (Å²) in [6.07, 6.45) is 0. The molecule has 2 aromatic rings. The van der Waals surface area contributed by atoms with Gasteiger partial charge in [0.05, 0.1) is 0 Å². The number of aryl methyl sites for hydroxylation is 2. The van der Waals surface area contributed by atoms with Crippen molar-refractivity contribution in [2.45, 2.75) is 13.8 Å². The fourth-order valence-electron chi connectivity index (χ4n) is 3.03. The first-order chi connectivity index (χ1) is 12.4. The topological polar surface area (TPSA) is 52.7 Å². The van der Waals surface area contributed by atoms with Crippen molar-refractivity contribution in [3.63, 3.8) is 0 Å². The van der Waals surface area contributed by atoms with Gasteiger partial charge in [0.2, 0.25) is 0 Å². The highest BCUT2D eigenvalue weighted by Crippen LogP contribution is 2.21. The Balaban J connectivity index is 1.59. The first-order valence-corrected chi connectivity index (χ1v) is 9.00. The smallest absolute Gasteiger partial charge is 0.313 e. The molecule has 0 atom stereocenters. The van der Waals surface area contributed by atoms with E-state index in [0.717, 1.165) is 16.8 Å². The van der Waals surface area contributed by atoms with E-state index in [-0.39, 0.29) is 0 Å². The SMILES string of the molecule is Cc1ccc(C)c(NC(=O)C(=O)N2CCN(c3cccc(Cl)c3)CC2)c1. The van der Waals surface area contributed by atoms with Gasteiger partial charge in [-0.1, -0.05) is 29.8 Å². The number of carbonyl (C=O) groups excluding carboxylic acids is 2. The van der Waals surface area contributed by atoms with Crippen molar-refractivity contribution in [3.05, 3.63) is 58.6 Å². The lowest BCUT2D eigenvalue weighted by molar-refractivity contribution is -0.143. The average Bonchev–Trinajstić information content (AvgIpc) is 2.64. The minimum absolute atomic E-state index is 0.489. The molecule has 0 radical (unpaired) electrons. The lowest BCUT2D eigenvalue weighted by Gasteiger charge is -2.35. The highest BCUT2D eigenvalue weighted by Gasteiger charge is 2.26. The van der Waals surface area contributed by atoms with E-state index in [1.165, 1.54) is 0 Å². The molecule has 2 aromatic carbocycles. The summed E-state index contributed by atoms with van der Waals surface area (Å²) in [5.74, 6) is -1.08. The van der Waals surface area contributed by atoms with Gasteiger partial charge in [0.15, 0.2) is 0 Å². The number of nitrogens with one attached hydrogen (secondary N) is 1. The number of hydrogen-bond donors (Lipinski definition) is 1. The van der Waals surface area contributed by atoms with Crippen molar-refractivity contribution < 1.29 is 9.59 Å². The van der Waals surface area contributed by atoms with E-state index in [1.807, 2.05) is 56.3 Å². The normalized spacial score (nSPS) is 14.3. The minimum Gasteiger partial charge on any atom is -0.368 e.